The first-order valence-electron chi connectivity index (χ1n) is 6.62. The van der Waals surface area contributed by atoms with Crippen LogP contribution in [0.3, 0.4) is 0 Å². The fourth-order valence-corrected chi connectivity index (χ4v) is 2.18. The van der Waals surface area contributed by atoms with Gasteiger partial charge in [0.1, 0.15) is 0 Å². The van der Waals surface area contributed by atoms with Crippen LogP contribution in [0.4, 0.5) is 5.69 Å². The Morgan fingerprint density at radius 2 is 2.06 bits per heavy atom. The van der Waals surface area contributed by atoms with Crippen molar-refractivity contribution in [1.82, 2.24) is 5.32 Å². The predicted molar refractivity (Wildman–Crippen MR) is 71.6 cm³/mol. The molecule has 1 fully saturated rings. The molecule has 1 N–H and O–H groups in total. The van der Waals surface area contributed by atoms with Gasteiger partial charge in [-0.2, -0.15) is 0 Å². The molecule has 1 aromatic rings. The van der Waals surface area contributed by atoms with Gasteiger partial charge in [0, 0.05) is 18.2 Å². The number of nitro benzene ring substituents is 1. The van der Waals surface area contributed by atoms with E-state index >= 15 is 0 Å². The van der Waals surface area contributed by atoms with Crippen LogP contribution in [0.2, 0.25) is 0 Å². The fourth-order valence-electron chi connectivity index (χ4n) is 2.18. The maximum absolute atomic E-state index is 10.5. The highest BCUT2D eigenvalue weighted by Crippen LogP contribution is 2.33. The molecule has 1 aliphatic carbocycles. The normalized spacial score (nSPS) is 16.5. The molecule has 0 saturated heterocycles. The predicted octanol–water partition coefficient (Wildman–Crippen LogP) is 2.92. The summed E-state index contributed by atoms with van der Waals surface area (Å²) in [5.74, 6) is 0.951. The van der Waals surface area contributed by atoms with Gasteiger partial charge in [0.05, 0.1) is 4.92 Å². The van der Waals surface area contributed by atoms with Crippen molar-refractivity contribution < 1.29 is 4.92 Å². The van der Waals surface area contributed by atoms with Crippen LogP contribution < -0.4 is 5.32 Å². The standard InChI is InChI=1S/C14H20N2O2/c1-11(10-13-2-3-13)15-9-8-12-4-6-14(7-5-12)16(17)18/h4-7,11,13,15H,2-3,8-10H2,1H3. The van der Waals surface area contributed by atoms with Crippen LogP contribution in [0.25, 0.3) is 0 Å². The lowest BCUT2D eigenvalue weighted by Crippen LogP contribution is -2.28. The number of non-ortho nitro benzene ring substituents is 1. The SMILES string of the molecule is CC(CC1CC1)NCCc1ccc([N+](=O)[O-])cc1. The van der Waals surface area contributed by atoms with E-state index in [0.29, 0.717) is 6.04 Å². The van der Waals surface area contributed by atoms with E-state index < -0.39 is 0 Å². The van der Waals surface area contributed by atoms with Crippen molar-refractivity contribution >= 4 is 5.69 Å². The van der Waals surface area contributed by atoms with Crippen LogP contribution in [0.15, 0.2) is 24.3 Å². The van der Waals surface area contributed by atoms with Gasteiger partial charge < -0.3 is 5.32 Å². The molecule has 0 amide bonds. The van der Waals surface area contributed by atoms with E-state index in [2.05, 4.69) is 12.2 Å². The van der Waals surface area contributed by atoms with Crippen molar-refractivity contribution in [2.24, 2.45) is 5.92 Å². The van der Waals surface area contributed by atoms with Crippen LogP contribution in [0, 0.1) is 16.0 Å². The number of rotatable bonds is 7. The van der Waals surface area contributed by atoms with Gasteiger partial charge in [0.15, 0.2) is 0 Å². The van der Waals surface area contributed by atoms with Crippen LogP contribution in [0.1, 0.15) is 31.7 Å². The minimum absolute atomic E-state index is 0.161. The summed E-state index contributed by atoms with van der Waals surface area (Å²) in [6, 6.07) is 7.40. The van der Waals surface area contributed by atoms with E-state index in [1.807, 2.05) is 12.1 Å². The Bertz CT molecular complexity index is 399. The monoisotopic (exact) mass is 248 g/mol. The van der Waals surface area contributed by atoms with Crippen molar-refractivity contribution in [2.45, 2.75) is 38.6 Å². The Morgan fingerprint density at radius 1 is 1.39 bits per heavy atom. The van der Waals surface area contributed by atoms with Gasteiger partial charge in [-0.05, 0) is 37.8 Å². The zero-order valence-corrected chi connectivity index (χ0v) is 10.8. The second-order valence-electron chi connectivity index (χ2n) is 5.21. The summed E-state index contributed by atoms with van der Waals surface area (Å²) in [7, 11) is 0. The minimum Gasteiger partial charge on any atom is -0.314 e. The highest BCUT2D eigenvalue weighted by molar-refractivity contribution is 5.32. The average Bonchev–Trinajstić information content (AvgIpc) is 3.13. The number of nitrogens with zero attached hydrogens (tertiary/aromatic N) is 1. The van der Waals surface area contributed by atoms with Crippen LogP contribution in [0.5, 0.6) is 0 Å². The fraction of sp³-hybridized carbons (Fsp3) is 0.571. The molecule has 0 bridgehead atoms. The van der Waals surface area contributed by atoms with E-state index in [-0.39, 0.29) is 10.6 Å². The van der Waals surface area contributed by atoms with Gasteiger partial charge in [-0.25, -0.2) is 0 Å². The Labute approximate surface area is 108 Å². The van der Waals surface area contributed by atoms with Crippen molar-refractivity contribution in [3.8, 4) is 0 Å². The lowest BCUT2D eigenvalue weighted by Gasteiger charge is -2.12. The average molecular weight is 248 g/mol. The summed E-state index contributed by atoms with van der Waals surface area (Å²) >= 11 is 0. The Hall–Kier alpha value is -1.42. The smallest absolute Gasteiger partial charge is 0.269 e. The lowest BCUT2D eigenvalue weighted by atomic mass is 10.1. The first-order chi connectivity index (χ1) is 8.65. The largest absolute Gasteiger partial charge is 0.314 e. The molecule has 0 radical (unpaired) electrons. The maximum Gasteiger partial charge on any atom is 0.269 e. The van der Waals surface area contributed by atoms with Crippen LogP contribution >= 0.6 is 0 Å². The Morgan fingerprint density at radius 3 is 2.61 bits per heavy atom. The quantitative estimate of drug-likeness (QED) is 0.596. The molecule has 0 spiro atoms. The molecule has 98 valence electrons. The first kappa shape index (κ1) is 13.0. The van der Waals surface area contributed by atoms with Crippen molar-refractivity contribution in [1.29, 1.82) is 0 Å². The van der Waals surface area contributed by atoms with E-state index in [1.165, 1.54) is 19.3 Å². The minimum atomic E-state index is -0.361. The molecule has 18 heavy (non-hydrogen) atoms. The van der Waals surface area contributed by atoms with Gasteiger partial charge in [-0.15, -0.1) is 0 Å². The van der Waals surface area contributed by atoms with E-state index in [1.54, 1.807) is 12.1 Å². The third-order valence-electron chi connectivity index (χ3n) is 3.44. The van der Waals surface area contributed by atoms with Crippen LogP contribution in [-0.4, -0.2) is 17.5 Å². The summed E-state index contributed by atoms with van der Waals surface area (Å²) in [6.45, 7) is 3.17. The summed E-state index contributed by atoms with van der Waals surface area (Å²) in [6.07, 6.45) is 5.00. The molecule has 1 atom stereocenters. The molecule has 4 nitrogen and oxygen atoms in total. The molecule has 2 rings (SSSR count). The third kappa shape index (κ3) is 4.11. The highest BCUT2D eigenvalue weighted by atomic mass is 16.6. The lowest BCUT2D eigenvalue weighted by molar-refractivity contribution is -0.384. The molecule has 1 saturated carbocycles. The van der Waals surface area contributed by atoms with Gasteiger partial charge in [0.25, 0.3) is 5.69 Å². The zero-order chi connectivity index (χ0) is 13.0. The molecule has 4 heteroatoms. The highest BCUT2D eigenvalue weighted by Gasteiger charge is 2.23. The zero-order valence-electron chi connectivity index (χ0n) is 10.8. The van der Waals surface area contributed by atoms with Crippen molar-refractivity contribution in [2.75, 3.05) is 6.54 Å². The number of nitrogens with one attached hydrogen (secondary N) is 1. The van der Waals surface area contributed by atoms with Gasteiger partial charge in [-0.1, -0.05) is 25.0 Å². The summed E-state index contributed by atoms with van der Waals surface area (Å²) in [4.78, 5) is 10.2. The van der Waals surface area contributed by atoms with E-state index in [9.17, 15) is 10.1 Å². The Balaban J connectivity index is 1.70. The molecule has 1 unspecified atom stereocenters. The number of nitro groups is 1. The van der Waals surface area contributed by atoms with Crippen molar-refractivity contribution in [3.05, 3.63) is 39.9 Å². The second kappa shape index (κ2) is 5.96. The summed E-state index contributed by atoms with van der Waals surface area (Å²) in [5.41, 5.74) is 1.31. The summed E-state index contributed by atoms with van der Waals surface area (Å²) in [5, 5.41) is 14.0. The van der Waals surface area contributed by atoms with E-state index in [0.717, 1.165) is 24.4 Å². The maximum atomic E-state index is 10.5. The summed E-state index contributed by atoms with van der Waals surface area (Å²) < 4.78 is 0. The van der Waals surface area contributed by atoms with Gasteiger partial charge in [-0.3, -0.25) is 10.1 Å². The van der Waals surface area contributed by atoms with Gasteiger partial charge >= 0.3 is 0 Å². The molecule has 0 heterocycles. The molecular formula is C14H20N2O2. The number of benzene rings is 1. The molecule has 1 aliphatic rings. The molecule has 0 aliphatic heterocycles. The van der Waals surface area contributed by atoms with Gasteiger partial charge in [0.2, 0.25) is 0 Å². The molecule has 1 aromatic carbocycles. The third-order valence-corrected chi connectivity index (χ3v) is 3.44. The van der Waals surface area contributed by atoms with Crippen LogP contribution in [-0.2, 0) is 6.42 Å². The molecular weight excluding hydrogens is 228 g/mol. The topological polar surface area (TPSA) is 55.2 Å². The first-order valence-corrected chi connectivity index (χ1v) is 6.62. The number of hydrogen-bond donors (Lipinski definition) is 1. The van der Waals surface area contributed by atoms with Crippen molar-refractivity contribution in [3.63, 3.8) is 0 Å². The molecule has 0 aromatic heterocycles. The Kier molecular flexibility index (Phi) is 4.31. The second-order valence-corrected chi connectivity index (χ2v) is 5.21. The van der Waals surface area contributed by atoms with E-state index in [4.69, 9.17) is 0 Å². The number of hydrogen-bond acceptors (Lipinski definition) is 3.